The van der Waals surface area contributed by atoms with Crippen molar-refractivity contribution in [2.75, 3.05) is 40.8 Å². The van der Waals surface area contributed by atoms with Gasteiger partial charge in [-0.25, -0.2) is 8.42 Å². The van der Waals surface area contributed by atoms with Gasteiger partial charge in [0, 0.05) is 38.3 Å². The minimum absolute atomic E-state index is 0. The van der Waals surface area contributed by atoms with Crippen molar-refractivity contribution in [2.24, 2.45) is 10.9 Å². The Morgan fingerprint density at radius 3 is 2.30 bits per heavy atom. The molecule has 0 bridgehead atoms. The molecule has 178 valence electrons. The van der Waals surface area contributed by atoms with Crippen molar-refractivity contribution in [3.8, 4) is 0 Å². The Morgan fingerprint density at radius 2 is 1.83 bits per heavy atom. The molecule has 2 unspecified atom stereocenters. The summed E-state index contributed by atoms with van der Waals surface area (Å²) in [5.41, 5.74) is -5.21. The zero-order chi connectivity index (χ0) is 21.9. The number of alkyl halides is 3. The third kappa shape index (κ3) is 6.58. The van der Waals surface area contributed by atoms with E-state index in [2.05, 4.69) is 41.5 Å². The number of hydrogen-bond acceptors (Lipinski definition) is 4. The zero-order valence-corrected chi connectivity index (χ0v) is 21.3. The number of sulfonamides is 1. The van der Waals surface area contributed by atoms with Crippen LogP contribution in [0, 0.1) is 5.92 Å². The van der Waals surface area contributed by atoms with Gasteiger partial charge in [0.2, 0.25) is 0 Å². The van der Waals surface area contributed by atoms with Gasteiger partial charge >= 0.3 is 15.5 Å². The molecule has 0 aromatic rings. The molecule has 7 nitrogen and oxygen atoms in total. The molecule has 0 amide bonds. The molecule has 0 spiro atoms. The van der Waals surface area contributed by atoms with E-state index >= 15 is 0 Å². The maximum absolute atomic E-state index is 12.7. The highest BCUT2D eigenvalue weighted by atomic mass is 127. The van der Waals surface area contributed by atoms with Gasteiger partial charge in [0.1, 0.15) is 0 Å². The van der Waals surface area contributed by atoms with Crippen LogP contribution in [0.3, 0.4) is 0 Å². The van der Waals surface area contributed by atoms with Crippen LogP contribution in [0.1, 0.15) is 45.4 Å². The third-order valence-electron chi connectivity index (χ3n) is 6.25. The van der Waals surface area contributed by atoms with Gasteiger partial charge < -0.3 is 15.5 Å². The summed E-state index contributed by atoms with van der Waals surface area (Å²) in [7, 11) is 0.587. The molecule has 2 fully saturated rings. The summed E-state index contributed by atoms with van der Waals surface area (Å²) < 4.78 is 61.7. The lowest BCUT2D eigenvalue weighted by Crippen LogP contribution is -2.58. The first-order chi connectivity index (χ1) is 13.4. The Bertz CT molecular complexity index is 682. The third-order valence-corrected chi connectivity index (χ3v) is 7.88. The van der Waals surface area contributed by atoms with E-state index < -0.39 is 15.5 Å². The van der Waals surface area contributed by atoms with Crippen LogP contribution in [0.25, 0.3) is 0 Å². The summed E-state index contributed by atoms with van der Waals surface area (Å²) in [5, 5.41) is 6.62. The second-order valence-electron chi connectivity index (χ2n) is 8.51. The topological polar surface area (TPSA) is 77.0 Å². The van der Waals surface area contributed by atoms with Crippen molar-refractivity contribution >= 4 is 40.0 Å². The lowest BCUT2D eigenvalue weighted by molar-refractivity contribution is -0.0494. The van der Waals surface area contributed by atoms with E-state index in [0.717, 1.165) is 19.4 Å². The highest BCUT2D eigenvalue weighted by molar-refractivity contribution is 14.0. The molecule has 1 aliphatic heterocycles. The number of aliphatic imine (C=N–C) groups is 1. The molecule has 2 aliphatic rings. The number of nitrogens with zero attached hydrogens (tertiary/aromatic N) is 3. The van der Waals surface area contributed by atoms with Gasteiger partial charge in [-0.1, -0.05) is 19.8 Å². The molecular weight excluding hydrogens is 534 g/mol. The predicted octanol–water partition coefficient (Wildman–Crippen LogP) is 2.59. The first kappa shape index (κ1) is 27.7. The van der Waals surface area contributed by atoms with Crippen LogP contribution in [0.5, 0.6) is 0 Å². The normalized spacial score (nSPS) is 27.6. The predicted molar refractivity (Wildman–Crippen MR) is 124 cm³/mol. The van der Waals surface area contributed by atoms with Crippen LogP contribution in [0.2, 0.25) is 0 Å². The Hall–Kier alpha value is -0.340. The van der Waals surface area contributed by atoms with Crippen LogP contribution in [0.15, 0.2) is 4.99 Å². The molecule has 1 heterocycles. The summed E-state index contributed by atoms with van der Waals surface area (Å²) >= 11 is 0. The van der Waals surface area contributed by atoms with E-state index in [-0.39, 0.29) is 48.6 Å². The summed E-state index contributed by atoms with van der Waals surface area (Å²) in [6, 6.07) is -0.124. The fraction of sp³-hybridized carbons (Fsp3) is 0.944. The van der Waals surface area contributed by atoms with Gasteiger partial charge in [0.25, 0.3) is 0 Å². The average Bonchev–Trinajstić information content (AvgIpc) is 2.64. The van der Waals surface area contributed by atoms with E-state index in [1.807, 2.05) is 0 Å². The van der Waals surface area contributed by atoms with Gasteiger partial charge in [0.05, 0.1) is 0 Å². The van der Waals surface area contributed by atoms with Crippen molar-refractivity contribution in [1.29, 1.82) is 0 Å². The molecule has 2 rings (SSSR count). The molecule has 1 saturated heterocycles. The van der Waals surface area contributed by atoms with Crippen LogP contribution in [0.4, 0.5) is 13.2 Å². The van der Waals surface area contributed by atoms with Gasteiger partial charge in [-0.3, -0.25) is 4.99 Å². The fourth-order valence-corrected chi connectivity index (χ4v) is 5.36. The van der Waals surface area contributed by atoms with Crippen molar-refractivity contribution < 1.29 is 21.6 Å². The van der Waals surface area contributed by atoms with E-state index in [0.29, 0.717) is 29.0 Å². The van der Waals surface area contributed by atoms with E-state index in [4.69, 9.17) is 0 Å². The quantitative estimate of drug-likeness (QED) is 0.303. The molecule has 2 atom stereocenters. The SMILES string of the molecule is CN=C(NCC1(N(C)C)CCCC(C)C1)NC1CCN(S(=O)(=O)C(F)(F)F)CC1.I. The highest BCUT2D eigenvalue weighted by Crippen LogP contribution is 2.35. The van der Waals surface area contributed by atoms with Gasteiger partial charge in [-0.15, -0.1) is 24.0 Å². The van der Waals surface area contributed by atoms with Crippen LogP contribution < -0.4 is 10.6 Å². The summed E-state index contributed by atoms with van der Waals surface area (Å²) in [6.07, 6.45) is 5.21. The molecule has 0 aromatic heterocycles. The average molecular weight is 569 g/mol. The number of piperidine rings is 1. The number of hydrogen-bond donors (Lipinski definition) is 2. The van der Waals surface area contributed by atoms with E-state index in [1.54, 1.807) is 7.05 Å². The first-order valence-electron chi connectivity index (χ1n) is 10.1. The second-order valence-corrected chi connectivity index (χ2v) is 10.4. The smallest absolute Gasteiger partial charge is 0.355 e. The molecule has 12 heteroatoms. The second kappa shape index (κ2) is 11.0. The van der Waals surface area contributed by atoms with Crippen LogP contribution in [-0.4, -0.2) is 81.4 Å². The largest absolute Gasteiger partial charge is 0.511 e. The minimum atomic E-state index is -5.25. The number of rotatable bonds is 5. The summed E-state index contributed by atoms with van der Waals surface area (Å²) in [4.78, 5) is 6.51. The standard InChI is InChI=1S/C18H34F3N5O2S.HI/c1-14-6-5-9-17(12-14,25(3)4)13-23-16(22-2)24-15-7-10-26(11-8-15)29(27,28)18(19,20)21;/h14-15H,5-13H2,1-4H3,(H2,22,23,24);1H. The highest BCUT2D eigenvalue weighted by Gasteiger charge is 2.50. The molecule has 0 radical (unpaired) electrons. The van der Waals surface area contributed by atoms with Crippen molar-refractivity contribution in [2.45, 2.75) is 62.5 Å². The first-order valence-corrected chi connectivity index (χ1v) is 11.6. The maximum atomic E-state index is 12.7. The molecule has 1 aliphatic carbocycles. The number of halogens is 4. The lowest BCUT2D eigenvalue weighted by atomic mass is 9.75. The van der Waals surface area contributed by atoms with Crippen molar-refractivity contribution in [3.05, 3.63) is 0 Å². The molecule has 2 N–H and O–H groups in total. The molecule has 30 heavy (non-hydrogen) atoms. The summed E-state index contributed by atoms with van der Waals surface area (Å²) in [6.45, 7) is 2.68. The zero-order valence-electron chi connectivity index (χ0n) is 18.1. The molecular formula is C18H35F3IN5O2S. The number of nitrogens with one attached hydrogen (secondary N) is 2. The Balaban J connectivity index is 0.00000450. The molecule has 0 aromatic carbocycles. The van der Waals surface area contributed by atoms with Gasteiger partial charge in [-0.05, 0) is 45.7 Å². The van der Waals surface area contributed by atoms with E-state index in [9.17, 15) is 21.6 Å². The number of guanidine groups is 1. The van der Waals surface area contributed by atoms with E-state index in [1.165, 1.54) is 12.8 Å². The van der Waals surface area contributed by atoms with Crippen LogP contribution >= 0.6 is 24.0 Å². The lowest BCUT2D eigenvalue weighted by Gasteiger charge is -2.45. The minimum Gasteiger partial charge on any atom is -0.355 e. The summed E-state index contributed by atoms with van der Waals surface area (Å²) in [5.74, 6) is 1.25. The maximum Gasteiger partial charge on any atom is 0.511 e. The Morgan fingerprint density at radius 1 is 1.23 bits per heavy atom. The molecule has 1 saturated carbocycles. The monoisotopic (exact) mass is 569 g/mol. The Kier molecular flexibility index (Phi) is 10.1. The van der Waals surface area contributed by atoms with Gasteiger partial charge in [-0.2, -0.15) is 17.5 Å². The van der Waals surface area contributed by atoms with Crippen molar-refractivity contribution in [3.63, 3.8) is 0 Å². The fourth-order valence-electron chi connectivity index (χ4n) is 4.38. The van der Waals surface area contributed by atoms with Gasteiger partial charge in [0.15, 0.2) is 5.96 Å². The van der Waals surface area contributed by atoms with Crippen molar-refractivity contribution in [1.82, 2.24) is 19.8 Å². The van der Waals surface area contributed by atoms with Crippen LogP contribution in [-0.2, 0) is 10.0 Å². The Labute approximate surface area is 195 Å². The number of likely N-dealkylation sites (N-methyl/N-ethyl adjacent to an activating group) is 1.